The summed E-state index contributed by atoms with van der Waals surface area (Å²) < 4.78 is 5.53. The molecule has 0 aromatic heterocycles. The smallest absolute Gasteiger partial charge is 0.277 e. The van der Waals surface area contributed by atoms with Gasteiger partial charge in [-0.25, -0.2) is 5.43 Å². The number of hydrogen-bond donors (Lipinski definition) is 1. The van der Waals surface area contributed by atoms with Gasteiger partial charge in [0, 0.05) is 44.6 Å². The number of anilines is 2. The molecule has 1 fully saturated rings. The number of nitrogens with one attached hydrogen (secondary N) is 1. The van der Waals surface area contributed by atoms with E-state index in [1.54, 1.807) is 6.21 Å². The molecule has 0 unspecified atom stereocenters. The van der Waals surface area contributed by atoms with Crippen molar-refractivity contribution in [3.05, 3.63) is 54.1 Å². The lowest BCUT2D eigenvalue weighted by molar-refractivity contribution is -0.123. The lowest BCUT2D eigenvalue weighted by atomic mass is 10.1. The summed E-state index contributed by atoms with van der Waals surface area (Å²) in [6, 6.07) is 15.8. The Bertz CT molecular complexity index is 796. The highest BCUT2D eigenvalue weighted by Gasteiger charge is 2.10. The Labute approximate surface area is 166 Å². The molecule has 1 N–H and O–H groups in total. The van der Waals surface area contributed by atoms with Gasteiger partial charge in [-0.2, -0.15) is 5.10 Å². The van der Waals surface area contributed by atoms with Crippen LogP contribution in [0.4, 0.5) is 11.4 Å². The van der Waals surface area contributed by atoms with Crippen molar-refractivity contribution in [2.75, 3.05) is 43.6 Å². The van der Waals surface area contributed by atoms with Gasteiger partial charge in [-0.05, 0) is 49.1 Å². The molecule has 2 aromatic rings. The van der Waals surface area contributed by atoms with Crippen molar-refractivity contribution in [3.8, 4) is 5.75 Å². The predicted molar refractivity (Wildman–Crippen MR) is 115 cm³/mol. The van der Waals surface area contributed by atoms with Crippen LogP contribution in [0.3, 0.4) is 0 Å². The summed E-state index contributed by atoms with van der Waals surface area (Å²) in [6.07, 6.45) is 5.49. The molecule has 148 valence electrons. The molecule has 1 amide bonds. The van der Waals surface area contributed by atoms with E-state index in [0.717, 1.165) is 24.3 Å². The maximum atomic E-state index is 11.9. The molecule has 6 nitrogen and oxygen atoms in total. The normalized spacial score (nSPS) is 14.1. The van der Waals surface area contributed by atoms with Crippen LogP contribution in [0.5, 0.6) is 5.75 Å². The lowest BCUT2D eigenvalue weighted by Crippen LogP contribution is -2.29. The molecule has 0 radical (unpaired) electrons. The minimum atomic E-state index is -0.295. The topological polar surface area (TPSA) is 57.2 Å². The summed E-state index contributed by atoms with van der Waals surface area (Å²) in [5, 5.41) is 4.02. The van der Waals surface area contributed by atoms with Crippen LogP contribution in [0.1, 0.15) is 24.8 Å². The van der Waals surface area contributed by atoms with Crippen molar-refractivity contribution in [2.24, 2.45) is 5.10 Å². The zero-order valence-electron chi connectivity index (χ0n) is 16.6. The van der Waals surface area contributed by atoms with Gasteiger partial charge < -0.3 is 14.5 Å². The summed E-state index contributed by atoms with van der Waals surface area (Å²) in [5.74, 6) is 0.357. The van der Waals surface area contributed by atoms with Crippen molar-refractivity contribution in [1.29, 1.82) is 0 Å². The number of benzene rings is 2. The first-order chi connectivity index (χ1) is 13.6. The fourth-order valence-corrected chi connectivity index (χ4v) is 3.13. The Balaban J connectivity index is 1.45. The minimum absolute atomic E-state index is 0.0812. The highest BCUT2D eigenvalue weighted by atomic mass is 16.5. The molecule has 1 aliphatic rings. The second-order valence-corrected chi connectivity index (χ2v) is 7.11. The molecular weight excluding hydrogens is 352 g/mol. The van der Waals surface area contributed by atoms with Crippen molar-refractivity contribution in [1.82, 2.24) is 5.43 Å². The van der Waals surface area contributed by atoms with Crippen LogP contribution in [0.25, 0.3) is 0 Å². The largest absolute Gasteiger partial charge is 0.484 e. The SMILES string of the molecule is CN(C)c1cccc(OCC(=O)N/N=C/c2ccc(N3CCCCC3)cc2)c1. The zero-order chi connectivity index (χ0) is 19.8. The third-order valence-corrected chi connectivity index (χ3v) is 4.72. The Morgan fingerprint density at radius 2 is 1.89 bits per heavy atom. The van der Waals surface area contributed by atoms with E-state index >= 15 is 0 Å². The van der Waals surface area contributed by atoms with E-state index in [4.69, 9.17) is 4.74 Å². The molecule has 0 aliphatic carbocycles. The number of hydrazone groups is 1. The van der Waals surface area contributed by atoms with Crippen LogP contribution in [0, 0.1) is 0 Å². The van der Waals surface area contributed by atoms with Gasteiger partial charge in [0.25, 0.3) is 5.91 Å². The highest BCUT2D eigenvalue weighted by Crippen LogP contribution is 2.20. The zero-order valence-corrected chi connectivity index (χ0v) is 16.6. The summed E-state index contributed by atoms with van der Waals surface area (Å²) in [4.78, 5) is 16.3. The molecule has 0 bridgehead atoms. The first-order valence-corrected chi connectivity index (χ1v) is 9.69. The minimum Gasteiger partial charge on any atom is -0.484 e. The number of hydrogen-bond acceptors (Lipinski definition) is 5. The van der Waals surface area contributed by atoms with E-state index in [2.05, 4.69) is 27.6 Å². The number of piperidine rings is 1. The summed E-state index contributed by atoms with van der Waals surface area (Å²) >= 11 is 0. The molecule has 1 aliphatic heterocycles. The predicted octanol–water partition coefficient (Wildman–Crippen LogP) is 3.27. The number of nitrogens with zero attached hydrogens (tertiary/aromatic N) is 3. The first-order valence-electron chi connectivity index (χ1n) is 9.69. The first kappa shape index (κ1) is 19.7. The molecule has 2 aromatic carbocycles. The van der Waals surface area contributed by atoms with Gasteiger partial charge in [-0.15, -0.1) is 0 Å². The molecule has 28 heavy (non-hydrogen) atoms. The number of ether oxygens (including phenoxy) is 1. The van der Waals surface area contributed by atoms with Crippen LogP contribution in [-0.2, 0) is 4.79 Å². The van der Waals surface area contributed by atoms with Crippen LogP contribution in [0.15, 0.2) is 53.6 Å². The number of amides is 1. The Morgan fingerprint density at radius 3 is 2.61 bits per heavy atom. The summed E-state index contributed by atoms with van der Waals surface area (Å²) in [6.45, 7) is 2.17. The van der Waals surface area contributed by atoms with Crippen molar-refractivity contribution >= 4 is 23.5 Å². The monoisotopic (exact) mass is 380 g/mol. The van der Waals surface area contributed by atoms with E-state index in [-0.39, 0.29) is 12.5 Å². The van der Waals surface area contributed by atoms with Gasteiger partial charge >= 0.3 is 0 Å². The van der Waals surface area contributed by atoms with Gasteiger partial charge in [0.2, 0.25) is 0 Å². The van der Waals surface area contributed by atoms with Crippen LogP contribution in [0.2, 0.25) is 0 Å². The van der Waals surface area contributed by atoms with Gasteiger partial charge in [-0.1, -0.05) is 18.2 Å². The second-order valence-electron chi connectivity index (χ2n) is 7.11. The maximum absolute atomic E-state index is 11.9. The number of rotatable bonds is 7. The van der Waals surface area contributed by atoms with Gasteiger partial charge in [0.15, 0.2) is 6.61 Å². The quantitative estimate of drug-likeness (QED) is 0.592. The van der Waals surface area contributed by atoms with E-state index in [0.29, 0.717) is 5.75 Å². The molecule has 6 heteroatoms. The Morgan fingerprint density at radius 1 is 1.14 bits per heavy atom. The molecule has 0 saturated carbocycles. The standard InChI is InChI=1S/C22H28N4O2/c1-25(2)20-7-6-8-21(15-20)28-17-22(27)24-23-16-18-9-11-19(12-10-18)26-13-4-3-5-14-26/h6-12,15-16H,3-5,13-14,17H2,1-2H3,(H,24,27)/b23-16+. The lowest BCUT2D eigenvalue weighted by Gasteiger charge is -2.28. The summed E-state index contributed by atoms with van der Waals surface area (Å²) in [7, 11) is 3.92. The van der Waals surface area contributed by atoms with Gasteiger partial charge in [-0.3, -0.25) is 4.79 Å². The summed E-state index contributed by atoms with van der Waals surface area (Å²) in [5.41, 5.74) is 5.71. The maximum Gasteiger partial charge on any atom is 0.277 e. The van der Waals surface area contributed by atoms with Crippen molar-refractivity contribution in [2.45, 2.75) is 19.3 Å². The van der Waals surface area contributed by atoms with Gasteiger partial charge in [0.05, 0.1) is 6.21 Å². The van der Waals surface area contributed by atoms with E-state index < -0.39 is 0 Å². The van der Waals surface area contributed by atoms with E-state index in [9.17, 15) is 4.79 Å². The van der Waals surface area contributed by atoms with E-state index in [1.165, 1.54) is 24.9 Å². The van der Waals surface area contributed by atoms with Crippen molar-refractivity contribution < 1.29 is 9.53 Å². The van der Waals surface area contributed by atoms with Gasteiger partial charge in [0.1, 0.15) is 5.75 Å². The Hall–Kier alpha value is -3.02. The molecule has 0 atom stereocenters. The third kappa shape index (κ3) is 5.74. The molecular formula is C22H28N4O2. The number of carbonyl (C=O) groups excluding carboxylic acids is 1. The second kappa shape index (κ2) is 9.78. The third-order valence-electron chi connectivity index (χ3n) is 4.72. The fraction of sp³-hybridized carbons (Fsp3) is 0.364. The molecule has 1 saturated heterocycles. The molecule has 0 spiro atoms. The average Bonchev–Trinajstić information content (AvgIpc) is 2.73. The van der Waals surface area contributed by atoms with Crippen molar-refractivity contribution in [3.63, 3.8) is 0 Å². The highest BCUT2D eigenvalue weighted by molar-refractivity contribution is 5.83. The molecule has 1 heterocycles. The fourth-order valence-electron chi connectivity index (χ4n) is 3.13. The average molecular weight is 380 g/mol. The number of carbonyl (C=O) groups is 1. The van der Waals surface area contributed by atoms with Crippen LogP contribution >= 0.6 is 0 Å². The Kier molecular flexibility index (Phi) is 6.89. The molecule has 3 rings (SSSR count). The van der Waals surface area contributed by atoms with Crippen LogP contribution in [-0.4, -0.2) is 45.9 Å². The van der Waals surface area contributed by atoms with Crippen LogP contribution < -0.4 is 20.0 Å². The van der Waals surface area contributed by atoms with E-state index in [1.807, 2.05) is 55.4 Å².